The number of para-hydroxylation sites is 1. The molecule has 0 N–H and O–H groups in total. The second-order valence-electron chi connectivity index (χ2n) is 6.46. The summed E-state index contributed by atoms with van der Waals surface area (Å²) in [6, 6.07) is 15.5. The van der Waals surface area contributed by atoms with Crippen LogP contribution < -0.4 is 4.74 Å². The highest BCUT2D eigenvalue weighted by molar-refractivity contribution is 5.84. The third-order valence-electron chi connectivity index (χ3n) is 4.54. The zero-order valence-electron chi connectivity index (χ0n) is 15.1. The first-order valence-electron chi connectivity index (χ1n) is 8.78. The maximum Gasteiger partial charge on any atom is 0.344 e. The Bertz CT molecular complexity index is 802. The Morgan fingerprint density at radius 2 is 1.77 bits per heavy atom. The van der Waals surface area contributed by atoms with Crippen LogP contribution in [-0.4, -0.2) is 36.0 Å². The van der Waals surface area contributed by atoms with Crippen LogP contribution in [0.4, 0.5) is 0 Å². The Balaban J connectivity index is 1.51. The summed E-state index contributed by atoms with van der Waals surface area (Å²) < 4.78 is 10.7. The van der Waals surface area contributed by atoms with Gasteiger partial charge in [0.15, 0.2) is 12.7 Å². The average molecular weight is 353 g/mol. The van der Waals surface area contributed by atoms with Gasteiger partial charge in [-0.3, -0.25) is 4.79 Å². The van der Waals surface area contributed by atoms with E-state index in [0.717, 1.165) is 17.5 Å². The molecule has 1 heterocycles. The van der Waals surface area contributed by atoms with Gasteiger partial charge in [0.25, 0.3) is 5.91 Å². The highest BCUT2D eigenvalue weighted by Crippen LogP contribution is 2.20. The fraction of sp³-hybridized carbons (Fsp3) is 0.333. The van der Waals surface area contributed by atoms with E-state index >= 15 is 0 Å². The van der Waals surface area contributed by atoms with E-state index in [9.17, 15) is 9.59 Å². The molecular formula is C21H23NO4. The van der Waals surface area contributed by atoms with Crippen molar-refractivity contribution in [2.24, 2.45) is 0 Å². The SMILES string of the molecule is Cc1ccccc1OCC(=O)OC(C)C(=O)N1CCc2ccccc2C1. The molecule has 0 spiro atoms. The van der Waals surface area contributed by atoms with Crippen LogP contribution >= 0.6 is 0 Å². The summed E-state index contributed by atoms with van der Waals surface area (Å²) in [5.41, 5.74) is 3.36. The number of ether oxygens (including phenoxy) is 2. The van der Waals surface area contributed by atoms with E-state index in [2.05, 4.69) is 6.07 Å². The Kier molecular flexibility index (Phi) is 5.56. The summed E-state index contributed by atoms with van der Waals surface area (Å²) in [6.45, 7) is 4.48. The van der Waals surface area contributed by atoms with E-state index in [4.69, 9.17) is 9.47 Å². The molecule has 1 amide bonds. The normalized spacial score (nSPS) is 14.3. The number of hydrogen-bond donors (Lipinski definition) is 0. The van der Waals surface area contributed by atoms with Crippen LogP contribution in [0.1, 0.15) is 23.6 Å². The van der Waals surface area contributed by atoms with Crippen molar-refractivity contribution < 1.29 is 19.1 Å². The van der Waals surface area contributed by atoms with Gasteiger partial charge in [0, 0.05) is 13.1 Å². The highest BCUT2D eigenvalue weighted by atomic mass is 16.6. The zero-order valence-corrected chi connectivity index (χ0v) is 15.1. The molecule has 1 aliphatic heterocycles. The van der Waals surface area contributed by atoms with Crippen LogP contribution in [0.5, 0.6) is 5.75 Å². The fourth-order valence-corrected chi connectivity index (χ4v) is 3.08. The predicted octanol–water partition coefficient (Wildman–Crippen LogP) is 2.89. The standard InChI is InChI=1S/C21H23NO4/c1-15-7-3-6-10-19(15)25-14-20(23)26-16(2)21(24)22-12-11-17-8-4-5-9-18(17)13-22/h3-10,16H,11-14H2,1-2H3. The summed E-state index contributed by atoms with van der Waals surface area (Å²) in [4.78, 5) is 26.3. The number of fused-ring (bicyclic) bond motifs is 1. The molecule has 0 bridgehead atoms. The number of nitrogens with zero attached hydrogens (tertiary/aromatic N) is 1. The van der Waals surface area contributed by atoms with Crippen LogP contribution in [0.2, 0.25) is 0 Å². The van der Waals surface area contributed by atoms with Crippen molar-refractivity contribution in [2.45, 2.75) is 32.9 Å². The molecule has 0 saturated heterocycles. The van der Waals surface area contributed by atoms with Crippen molar-refractivity contribution in [3.05, 3.63) is 65.2 Å². The summed E-state index contributed by atoms with van der Waals surface area (Å²) in [7, 11) is 0. The molecule has 1 unspecified atom stereocenters. The first kappa shape index (κ1) is 18.0. The van der Waals surface area contributed by atoms with Crippen molar-refractivity contribution in [1.82, 2.24) is 4.90 Å². The number of carbonyl (C=O) groups excluding carboxylic acids is 2. The van der Waals surface area contributed by atoms with Gasteiger partial charge in [-0.25, -0.2) is 4.79 Å². The van der Waals surface area contributed by atoms with Crippen LogP contribution in [0.15, 0.2) is 48.5 Å². The third-order valence-corrected chi connectivity index (χ3v) is 4.54. The number of carbonyl (C=O) groups is 2. The van der Waals surface area contributed by atoms with Crippen LogP contribution in [-0.2, 0) is 27.3 Å². The van der Waals surface area contributed by atoms with Gasteiger partial charge in [-0.15, -0.1) is 0 Å². The van der Waals surface area contributed by atoms with Crippen molar-refractivity contribution in [2.75, 3.05) is 13.2 Å². The molecule has 5 nitrogen and oxygen atoms in total. The highest BCUT2D eigenvalue weighted by Gasteiger charge is 2.27. The minimum absolute atomic E-state index is 0.177. The van der Waals surface area contributed by atoms with E-state index in [1.165, 1.54) is 5.56 Å². The van der Waals surface area contributed by atoms with E-state index in [0.29, 0.717) is 18.8 Å². The molecule has 2 aromatic carbocycles. The Hall–Kier alpha value is -2.82. The van der Waals surface area contributed by atoms with Gasteiger partial charge in [-0.05, 0) is 43.0 Å². The van der Waals surface area contributed by atoms with Gasteiger partial charge in [0.1, 0.15) is 5.75 Å². The van der Waals surface area contributed by atoms with E-state index in [1.54, 1.807) is 17.9 Å². The second kappa shape index (κ2) is 8.04. The molecule has 0 fully saturated rings. The molecule has 5 heteroatoms. The quantitative estimate of drug-likeness (QED) is 0.776. The lowest BCUT2D eigenvalue weighted by atomic mass is 9.99. The zero-order chi connectivity index (χ0) is 18.5. The fourth-order valence-electron chi connectivity index (χ4n) is 3.08. The number of esters is 1. The maximum atomic E-state index is 12.6. The van der Waals surface area contributed by atoms with Crippen LogP contribution in [0.3, 0.4) is 0 Å². The number of rotatable bonds is 5. The van der Waals surface area contributed by atoms with E-state index in [-0.39, 0.29) is 12.5 Å². The lowest BCUT2D eigenvalue weighted by molar-refractivity contribution is -0.161. The minimum atomic E-state index is -0.826. The summed E-state index contributed by atoms with van der Waals surface area (Å²) in [6.07, 6.45) is -0.00728. The van der Waals surface area contributed by atoms with Crippen LogP contribution in [0, 0.1) is 6.92 Å². The molecular weight excluding hydrogens is 330 g/mol. The summed E-state index contributed by atoms with van der Waals surface area (Å²) in [5, 5.41) is 0. The Morgan fingerprint density at radius 1 is 1.08 bits per heavy atom. The van der Waals surface area contributed by atoms with Gasteiger partial charge in [-0.1, -0.05) is 42.5 Å². The molecule has 0 saturated carbocycles. The lowest BCUT2D eigenvalue weighted by Crippen LogP contribution is -2.43. The summed E-state index contributed by atoms with van der Waals surface area (Å²) >= 11 is 0. The average Bonchev–Trinajstić information content (AvgIpc) is 2.66. The molecule has 1 aliphatic rings. The monoisotopic (exact) mass is 353 g/mol. The first-order chi connectivity index (χ1) is 12.5. The molecule has 3 rings (SSSR count). The summed E-state index contributed by atoms with van der Waals surface area (Å²) in [5.74, 6) is -0.0914. The molecule has 136 valence electrons. The van der Waals surface area contributed by atoms with Crippen LogP contribution in [0.25, 0.3) is 0 Å². The largest absolute Gasteiger partial charge is 0.482 e. The van der Waals surface area contributed by atoms with Gasteiger partial charge >= 0.3 is 5.97 Å². The second-order valence-corrected chi connectivity index (χ2v) is 6.46. The van der Waals surface area contributed by atoms with Gasteiger partial charge in [0.2, 0.25) is 0 Å². The minimum Gasteiger partial charge on any atom is -0.482 e. The molecule has 0 radical (unpaired) electrons. The van der Waals surface area contributed by atoms with E-state index < -0.39 is 12.1 Å². The third kappa shape index (κ3) is 4.23. The molecule has 0 aliphatic carbocycles. The molecule has 26 heavy (non-hydrogen) atoms. The van der Waals surface area contributed by atoms with Crippen molar-refractivity contribution in [3.63, 3.8) is 0 Å². The molecule has 0 aromatic heterocycles. The number of aryl methyl sites for hydroxylation is 1. The maximum absolute atomic E-state index is 12.6. The van der Waals surface area contributed by atoms with E-state index in [1.807, 2.05) is 43.3 Å². The lowest BCUT2D eigenvalue weighted by Gasteiger charge is -2.30. The smallest absolute Gasteiger partial charge is 0.344 e. The molecule has 2 aromatic rings. The van der Waals surface area contributed by atoms with Crippen molar-refractivity contribution >= 4 is 11.9 Å². The van der Waals surface area contributed by atoms with Gasteiger partial charge < -0.3 is 14.4 Å². The Morgan fingerprint density at radius 3 is 2.54 bits per heavy atom. The number of hydrogen-bond acceptors (Lipinski definition) is 4. The topological polar surface area (TPSA) is 55.8 Å². The van der Waals surface area contributed by atoms with Crippen molar-refractivity contribution in [3.8, 4) is 5.75 Å². The Labute approximate surface area is 153 Å². The predicted molar refractivity (Wildman–Crippen MR) is 97.8 cm³/mol. The van der Waals surface area contributed by atoms with Gasteiger partial charge in [-0.2, -0.15) is 0 Å². The van der Waals surface area contributed by atoms with Gasteiger partial charge in [0.05, 0.1) is 0 Å². The number of benzene rings is 2. The number of amides is 1. The van der Waals surface area contributed by atoms with Crippen molar-refractivity contribution in [1.29, 1.82) is 0 Å². The first-order valence-corrected chi connectivity index (χ1v) is 8.78. The molecule has 1 atom stereocenters.